The van der Waals surface area contributed by atoms with E-state index in [-0.39, 0.29) is 45.9 Å². The van der Waals surface area contributed by atoms with Crippen molar-refractivity contribution in [2.75, 3.05) is 0 Å². The predicted molar refractivity (Wildman–Crippen MR) is 96.1 cm³/mol. The second-order valence-corrected chi connectivity index (χ2v) is 6.93. The molecule has 3 rings (SSSR count). The number of benzene rings is 2. The number of aryl methyl sites for hydroxylation is 1. The zero-order valence-corrected chi connectivity index (χ0v) is 13.9. The van der Waals surface area contributed by atoms with E-state index in [1.807, 2.05) is 19.1 Å². The molecule has 25 heavy (non-hydrogen) atoms. The summed E-state index contributed by atoms with van der Waals surface area (Å²) in [5.74, 6) is -0.0869. The van der Waals surface area contributed by atoms with E-state index in [9.17, 15) is 18.1 Å². The molecule has 7 nitrogen and oxygen atoms in total. The van der Waals surface area contributed by atoms with E-state index in [2.05, 4.69) is 10.2 Å². The van der Waals surface area contributed by atoms with Crippen LogP contribution in [0.4, 0.5) is 0 Å². The van der Waals surface area contributed by atoms with Gasteiger partial charge in [-0.2, -0.15) is 8.42 Å². The van der Waals surface area contributed by atoms with Crippen LogP contribution < -0.4 is 0 Å². The number of hydrogen-bond donors (Lipinski definition) is 2. The van der Waals surface area contributed by atoms with Crippen LogP contribution in [0.1, 0.15) is 25.3 Å². The van der Waals surface area contributed by atoms with Crippen LogP contribution >= 0.6 is 0 Å². The third-order valence-electron chi connectivity index (χ3n) is 3.74. The molecule has 0 aliphatic rings. The first-order valence-corrected chi connectivity index (χ1v) is 9.00. The molecule has 0 bridgehead atoms. The Bertz CT molecular complexity index is 969. The normalized spacial score (nSPS) is 11.4. The van der Waals surface area contributed by atoms with Crippen molar-refractivity contribution in [3.05, 3.63) is 42.0 Å². The summed E-state index contributed by atoms with van der Waals surface area (Å²) >= 11 is 0. The molecule has 0 aliphatic carbocycles. The van der Waals surface area contributed by atoms with Crippen LogP contribution in [0.15, 0.2) is 41.3 Å². The van der Waals surface area contributed by atoms with Gasteiger partial charge in [-0.05, 0) is 42.7 Å². The molecule has 0 spiro atoms. The van der Waals surface area contributed by atoms with Crippen molar-refractivity contribution in [3.63, 3.8) is 0 Å². The fourth-order valence-electron chi connectivity index (χ4n) is 2.48. The average Bonchev–Trinajstić information content (AvgIpc) is 2.96. The molecule has 1 aromatic heterocycles. The second-order valence-electron chi connectivity index (χ2n) is 5.51. The van der Waals surface area contributed by atoms with Gasteiger partial charge in [-0.3, -0.25) is 4.55 Å². The van der Waals surface area contributed by atoms with Gasteiger partial charge in [-0.25, -0.2) is 0 Å². The standard InChI is InChI=1S/C16H17N3O4S.Na.H/c1-2-3-6-11-9-12(24(21,22)23)10-15(16(11)20)19-17-13-7-4-5-8-14(13)18-19;;/h4-5,7-10,20H,2-3,6H2,1H3,(H,21,22,23);;. The van der Waals surface area contributed by atoms with Crippen LogP contribution in [0, 0.1) is 0 Å². The minimum atomic E-state index is -4.41. The Hall–Kier alpha value is -1.45. The number of aromatic nitrogens is 3. The molecule has 1 heterocycles. The molecule has 0 saturated heterocycles. The van der Waals surface area contributed by atoms with Crippen molar-refractivity contribution < 1.29 is 18.1 Å². The molecular weight excluding hydrogens is 353 g/mol. The van der Waals surface area contributed by atoms with Crippen molar-refractivity contribution in [2.24, 2.45) is 0 Å². The van der Waals surface area contributed by atoms with Crippen LogP contribution in [0.3, 0.4) is 0 Å². The summed E-state index contributed by atoms with van der Waals surface area (Å²) in [6, 6.07) is 9.60. The van der Waals surface area contributed by atoms with Crippen molar-refractivity contribution >= 4 is 50.7 Å². The summed E-state index contributed by atoms with van der Waals surface area (Å²) in [6.07, 6.45) is 2.14. The Balaban J connectivity index is 0.00000225. The molecule has 0 fully saturated rings. The van der Waals surface area contributed by atoms with Gasteiger partial charge in [0.05, 0.1) is 4.90 Å². The number of aromatic hydroxyl groups is 1. The fourth-order valence-corrected chi connectivity index (χ4v) is 3.03. The van der Waals surface area contributed by atoms with Crippen LogP contribution in [0.5, 0.6) is 5.75 Å². The second kappa shape index (κ2) is 7.84. The Morgan fingerprint density at radius 3 is 2.24 bits per heavy atom. The summed E-state index contributed by atoms with van der Waals surface area (Å²) in [4.78, 5) is 0.896. The molecule has 2 aromatic carbocycles. The molecule has 0 amide bonds. The summed E-state index contributed by atoms with van der Waals surface area (Å²) in [6.45, 7) is 1.99. The summed E-state index contributed by atoms with van der Waals surface area (Å²) in [5, 5.41) is 19.0. The monoisotopic (exact) mass is 371 g/mol. The number of phenolic OH excluding ortho intramolecular Hbond substituents is 1. The van der Waals surface area contributed by atoms with Gasteiger partial charge in [-0.1, -0.05) is 25.5 Å². The number of unbranched alkanes of at least 4 members (excludes halogenated alkanes) is 1. The summed E-state index contributed by atoms with van der Waals surface area (Å²) in [5.41, 5.74) is 1.78. The van der Waals surface area contributed by atoms with E-state index in [4.69, 9.17) is 0 Å². The van der Waals surface area contributed by atoms with Gasteiger partial charge < -0.3 is 5.11 Å². The Morgan fingerprint density at radius 1 is 1.12 bits per heavy atom. The van der Waals surface area contributed by atoms with E-state index in [0.29, 0.717) is 23.0 Å². The molecule has 0 saturated carbocycles. The van der Waals surface area contributed by atoms with Gasteiger partial charge in [0.1, 0.15) is 22.5 Å². The van der Waals surface area contributed by atoms with Gasteiger partial charge in [0.2, 0.25) is 0 Å². The van der Waals surface area contributed by atoms with Gasteiger partial charge in [0, 0.05) is 0 Å². The van der Waals surface area contributed by atoms with Crippen LogP contribution in [0.25, 0.3) is 16.7 Å². The Morgan fingerprint density at radius 2 is 1.72 bits per heavy atom. The third kappa shape index (κ3) is 4.21. The number of phenols is 1. The first-order valence-electron chi connectivity index (χ1n) is 7.56. The van der Waals surface area contributed by atoms with Crippen molar-refractivity contribution in [1.29, 1.82) is 0 Å². The topological polar surface area (TPSA) is 105 Å². The average molecular weight is 371 g/mol. The number of rotatable bonds is 5. The van der Waals surface area contributed by atoms with E-state index in [1.165, 1.54) is 16.9 Å². The number of nitrogens with zero attached hydrogens (tertiary/aromatic N) is 3. The number of fused-ring (bicyclic) bond motifs is 1. The Labute approximate surface area is 167 Å². The van der Waals surface area contributed by atoms with Gasteiger partial charge in [0.15, 0.2) is 0 Å². The molecule has 0 unspecified atom stereocenters. The molecule has 0 atom stereocenters. The molecule has 2 N–H and O–H groups in total. The first-order chi connectivity index (χ1) is 11.4. The molecule has 0 radical (unpaired) electrons. The summed E-state index contributed by atoms with van der Waals surface area (Å²) in [7, 11) is -4.41. The Kier molecular flexibility index (Phi) is 6.23. The van der Waals surface area contributed by atoms with Crippen molar-refractivity contribution in [1.82, 2.24) is 15.0 Å². The van der Waals surface area contributed by atoms with Crippen LogP contribution in [0.2, 0.25) is 0 Å². The zero-order chi connectivity index (χ0) is 17.3. The zero-order valence-electron chi connectivity index (χ0n) is 13.0. The van der Waals surface area contributed by atoms with E-state index < -0.39 is 10.1 Å². The molecule has 3 aromatic rings. The van der Waals surface area contributed by atoms with Crippen molar-refractivity contribution in [3.8, 4) is 11.4 Å². The fraction of sp³-hybridized carbons (Fsp3) is 0.250. The maximum absolute atomic E-state index is 11.5. The van der Waals surface area contributed by atoms with E-state index in [1.54, 1.807) is 12.1 Å². The first kappa shape index (κ1) is 19.9. The molecule has 128 valence electrons. The number of hydrogen-bond acceptors (Lipinski definition) is 5. The van der Waals surface area contributed by atoms with Crippen LogP contribution in [-0.4, -0.2) is 62.6 Å². The quantitative estimate of drug-likeness (QED) is 0.525. The predicted octanol–water partition coefficient (Wildman–Crippen LogP) is 2.07. The minimum absolute atomic E-state index is 0. The van der Waals surface area contributed by atoms with E-state index in [0.717, 1.165) is 12.8 Å². The summed E-state index contributed by atoms with van der Waals surface area (Å²) < 4.78 is 32.5. The van der Waals surface area contributed by atoms with Crippen molar-refractivity contribution in [2.45, 2.75) is 31.1 Å². The van der Waals surface area contributed by atoms with Gasteiger partial charge in [-0.15, -0.1) is 15.0 Å². The molecular formula is C16H18N3NaO4S. The third-order valence-corrected chi connectivity index (χ3v) is 4.57. The molecule has 9 heteroatoms. The van der Waals surface area contributed by atoms with Gasteiger partial charge >= 0.3 is 29.6 Å². The molecule has 0 aliphatic heterocycles. The van der Waals surface area contributed by atoms with Gasteiger partial charge in [0.25, 0.3) is 10.1 Å². The SMILES string of the molecule is CCCCc1cc(S(=O)(=O)O)cc(-n2nc3ccccc3n2)c1O.[NaH]. The van der Waals surface area contributed by atoms with Crippen LogP contribution in [-0.2, 0) is 16.5 Å². The van der Waals surface area contributed by atoms with E-state index >= 15 is 0 Å². The maximum atomic E-state index is 11.5.